The van der Waals surface area contributed by atoms with E-state index >= 15 is 0 Å². The Bertz CT molecular complexity index is 591. The van der Waals surface area contributed by atoms with Crippen LogP contribution in [0.15, 0.2) is 42.5 Å². The minimum Gasteiger partial charge on any atom is -0.493 e. The first-order chi connectivity index (χ1) is 10.3. The van der Waals surface area contributed by atoms with E-state index < -0.39 is 0 Å². The van der Waals surface area contributed by atoms with E-state index in [1.807, 2.05) is 42.5 Å². The summed E-state index contributed by atoms with van der Waals surface area (Å²) in [5.41, 5.74) is 2.67. The summed E-state index contributed by atoms with van der Waals surface area (Å²) in [6.07, 6.45) is 2.75. The van der Waals surface area contributed by atoms with Gasteiger partial charge in [0.25, 0.3) is 0 Å². The summed E-state index contributed by atoms with van der Waals surface area (Å²) in [7, 11) is 1.59. The van der Waals surface area contributed by atoms with Gasteiger partial charge in [-0.05, 0) is 29.7 Å². The van der Waals surface area contributed by atoms with Crippen LogP contribution in [-0.4, -0.2) is 13.4 Å². The highest BCUT2D eigenvalue weighted by molar-refractivity contribution is 5.81. The number of hydrogen-bond donors (Lipinski definition) is 0. The fourth-order valence-electron chi connectivity index (χ4n) is 2.24. The van der Waals surface area contributed by atoms with Crippen molar-refractivity contribution in [1.29, 1.82) is 0 Å². The predicted octanol–water partition coefficient (Wildman–Crippen LogP) is 4.04. The highest BCUT2D eigenvalue weighted by Crippen LogP contribution is 2.33. The van der Waals surface area contributed by atoms with Crippen LogP contribution in [0.5, 0.6) is 11.5 Å². The van der Waals surface area contributed by atoms with Crippen LogP contribution in [0.25, 0.3) is 0 Å². The van der Waals surface area contributed by atoms with Crippen LogP contribution in [-0.2, 0) is 13.0 Å². The molecule has 0 N–H and O–H groups in total. The number of carbonyl (C=O) groups is 1. The van der Waals surface area contributed by atoms with Gasteiger partial charge in [-0.3, -0.25) is 4.79 Å². The van der Waals surface area contributed by atoms with E-state index in [1.54, 1.807) is 7.11 Å². The second-order valence-electron chi connectivity index (χ2n) is 4.86. The van der Waals surface area contributed by atoms with Crippen LogP contribution in [0, 0.1) is 0 Å². The van der Waals surface area contributed by atoms with Crippen molar-refractivity contribution in [3.05, 3.63) is 59.2 Å². The Labute approximate surface area is 125 Å². The summed E-state index contributed by atoms with van der Waals surface area (Å²) in [6, 6.07) is 13.7. The Morgan fingerprint density at radius 1 is 1.10 bits per heavy atom. The predicted molar refractivity (Wildman–Crippen MR) is 83.2 cm³/mol. The van der Waals surface area contributed by atoms with Gasteiger partial charge in [0.15, 0.2) is 17.8 Å². The number of hydrogen-bond acceptors (Lipinski definition) is 3. The lowest BCUT2D eigenvalue weighted by atomic mass is 10.1. The van der Waals surface area contributed by atoms with Crippen molar-refractivity contribution in [2.45, 2.75) is 26.4 Å². The molecule has 0 radical (unpaired) electrons. The Morgan fingerprint density at radius 2 is 1.86 bits per heavy atom. The van der Waals surface area contributed by atoms with Crippen molar-refractivity contribution in [3.8, 4) is 11.5 Å². The lowest BCUT2D eigenvalue weighted by Crippen LogP contribution is -2.02. The van der Waals surface area contributed by atoms with Crippen LogP contribution >= 0.6 is 0 Å². The van der Waals surface area contributed by atoms with E-state index in [-0.39, 0.29) is 0 Å². The minimum absolute atomic E-state index is 0.408. The summed E-state index contributed by atoms with van der Waals surface area (Å²) >= 11 is 0. The van der Waals surface area contributed by atoms with E-state index in [4.69, 9.17) is 9.47 Å². The van der Waals surface area contributed by atoms with E-state index in [0.29, 0.717) is 23.7 Å². The molecule has 0 aliphatic rings. The largest absolute Gasteiger partial charge is 0.493 e. The fraction of sp³-hybridized carbons (Fsp3) is 0.278. The molecule has 21 heavy (non-hydrogen) atoms. The number of aryl methyl sites for hydroxylation is 1. The summed E-state index contributed by atoms with van der Waals surface area (Å²) in [4.78, 5) is 11.3. The minimum atomic E-state index is 0.408. The maximum Gasteiger partial charge on any atom is 0.172 e. The van der Waals surface area contributed by atoms with Crippen LogP contribution < -0.4 is 9.47 Å². The third kappa shape index (κ3) is 3.85. The Balaban J connectivity index is 2.26. The molecule has 3 nitrogen and oxygen atoms in total. The normalized spacial score (nSPS) is 10.2. The molecule has 0 aliphatic heterocycles. The standard InChI is InChI=1S/C18H20O3/c1-3-7-15-10-16(12-19)18(17(11-15)20-2)21-13-14-8-5-4-6-9-14/h4-6,8-12H,3,7,13H2,1-2H3. The lowest BCUT2D eigenvalue weighted by molar-refractivity contribution is 0.111. The third-order valence-corrected chi connectivity index (χ3v) is 3.25. The van der Waals surface area contributed by atoms with Gasteiger partial charge in [0.1, 0.15) is 6.61 Å². The number of methoxy groups -OCH3 is 1. The van der Waals surface area contributed by atoms with E-state index in [1.165, 1.54) is 0 Å². The van der Waals surface area contributed by atoms with Crippen molar-refractivity contribution in [1.82, 2.24) is 0 Å². The second-order valence-corrected chi connectivity index (χ2v) is 4.86. The van der Waals surface area contributed by atoms with E-state index in [2.05, 4.69) is 6.92 Å². The van der Waals surface area contributed by atoms with Crippen molar-refractivity contribution in [2.75, 3.05) is 7.11 Å². The summed E-state index contributed by atoms with van der Waals surface area (Å²) in [5.74, 6) is 1.12. The molecule has 0 fully saturated rings. The average molecular weight is 284 g/mol. The van der Waals surface area contributed by atoms with Crippen LogP contribution in [0.3, 0.4) is 0 Å². The van der Waals surface area contributed by atoms with Gasteiger partial charge >= 0.3 is 0 Å². The number of aldehydes is 1. The maximum absolute atomic E-state index is 11.3. The van der Waals surface area contributed by atoms with Gasteiger partial charge in [-0.25, -0.2) is 0 Å². The molecule has 2 rings (SSSR count). The van der Waals surface area contributed by atoms with Gasteiger partial charge < -0.3 is 9.47 Å². The molecule has 0 aliphatic carbocycles. The van der Waals surface area contributed by atoms with E-state index in [9.17, 15) is 4.79 Å². The molecule has 2 aromatic rings. The molecule has 0 atom stereocenters. The van der Waals surface area contributed by atoms with Gasteiger partial charge in [-0.2, -0.15) is 0 Å². The number of carbonyl (C=O) groups excluding carboxylic acids is 1. The lowest BCUT2D eigenvalue weighted by Gasteiger charge is -2.14. The molecule has 0 heterocycles. The Kier molecular flexibility index (Phi) is 5.38. The van der Waals surface area contributed by atoms with Crippen LogP contribution in [0.1, 0.15) is 34.8 Å². The monoisotopic (exact) mass is 284 g/mol. The van der Waals surface area contributed by atoms with Crippen molar-refractivity contribution in [3.63, 3.8) is 0 Å². The van der Waals surface area contributed by atoms with Crippen LogP contribution in [0.4, 0.5) is 0 Å². The third-order valence-electron chi connectivity index (χ3n) is 3.25. The maximum atomic E-state index is 11.3. The van der Waals surface area contributed by atoms with Gasteiger partial charge in [0.2, 0.25) is 0 Å². The van der Waals surface area contributed by atoms with Gasteiger partial charge in [0.05, 0.1) is 12.7 Å². The smallest absolute Gasteiger partial charge is 0.172 e. The molecule has 0 aromatic heterocycles. The molecule has 0 saturated carbocycles. The zero-order chi connectivity index (χ0) is 15.1. The fourth-order valence-corrected chi connectivity index (χ4v) is 2.24. The molecular formula is C18H20O3. The SMILES string of the molecule is CCCc1cc(C=O)c(OCc2ccccc2)c(OC)c1. The molecule has 0 spiro atoms. The summed E-state index contributed by atoms with van der Waals surface area (Å²) in [5, 5.41) is 0. The summed E-state index contributed by atoms with van der Waals surface area (Å²) in [6.45, 7) is 2.51. The first-order valence-corrected chi connectivity index (χ1v) is 7.11. The first kappa shape index (κ1) is 15.1. The number of rotatable bonds is 7. The summed E-state index contributed by atoms with van der Waals surface area (Å²) < 4.78 is 11.2. The van der Waals surface area contributed by atoms with Gasteiger partial charge in [0, 0.05) is 0 Å². The highest BCUT2D eigenvalue weighted by atomic mass is 16.5. The van der Waals surface area contributed by atoms with Gasteiger partial charge in [-0.1, -0.05) is 43.7 Å². The molecule has 3 heteroatoms. The van der Waals surface area contributed by atoms with E-state index in [0.717, 1.165) is 30.3 Å². The topological polar surface area (TPSA) is 35.5 Å². The molecule has 0 unspecified atom stereocenters. The molecule has 2 aromatic carbocycles. The average Bonchev–Trinajstić information content (AvgIpc) is 2.54. The van der Waals surface area contributed by atoms with Crippen LogP contribution in [0.2, 0.25) is 0 Å². The highest BCUT2D eigenvalue weighted by Gasteiger charge is 2.13. The molecule has 0 bridgehead atoms. The van der Waals surface area contributed by atoms with Gasteiger partial charge in [-0.15, -0.1) is 0 Å². The second kappa shape index (κ2) is 7.48. The number of benzene rings is 2. The molecule has 110 valence electrons. The quantitative estimate of drug-likeness (QED) is 0.720. The first-order valence-electron chi connectivity index (χ1n) is 7.11. The van der Waals surface area contributed by atoms with Crippen molar-refractivity contribution in [2.24, 2.45) is 0 Å². The zero-order valence-corrected chi connectivity index (χ0v) is 12.5. The molecular weight excluding hydrogens is 264 g/mol. The molecule has 0 amide bonds. The Morgan fingerprint density at radius 3 is 2.48 bits per heavy atom. The zero-order valence-electron chi connectivity index (χ0n) is 12.5. The Hall–Kier alpha value is -2.29. The van der Waals surface area contributed by atoms with Crippen molar-refractivity contribution >= 4 is 6.29 Å². The van der Waals surface area contributed by atoms with Crippen molar-refractivity contribution < 1.29 is 14.3 Å². The number of ether oxygens (including phenoxy) is 2. The molecule has 0 saturated heterocycles.